The molecule has 0 bridgehead atoms. The summed E-state index contributed by atoms with van der Waals surface area (Å²) in [5.41, 5.74) is 2.88. The van der Waals surface area contributed by atoms with E-state index in [-0.39, 0.29) is 6.03 Å². The van der Waals surface area contributed by atoms with E-state index in [0.717, 1.165) is 54.2 Å². The molecule has 1 fully saturated rings. The molecule has 0 radical (unpaired) electrons. The van der Waals surface area contributed by atoms with Crippen molar-refractivity contribution in [3.05, 3.63) is 51.4 Å². The summed E-state index contributed by atoms with van der Waals surface area (Å²) in [5, 5.41) is 1.71. The fraction of sp³-hybridized carbons (Fsp3) is 0.429. The number of amides is 2. The number of halogens is 1. The first-order valence-electron chi connectivity index (χ1n) is 9.68. The number of carbonyl (C=O) groups excluding carboxylic acids is 1. The Morgan fingerprint density at radius 2 is 1.93 bits per heavy atom. The van der Waals surface area contributed by atoms with E-state index in [1.54, 1.807) is 11.3 Å². The number of urea groups is 1. The summed E-state index contributed by atoms with van der Waals surface area (Å²) in [6.45, 7) is 5.06. The number of aliphatic imine (C=N–C) groups is 1. The van der Waals surface area contributed by atoms with Gasteiger partial charge in [0.05, 0.1) is 12.3 Å². The Morgan fingerprint density at radius 3 is 2.67 bits per heavy atom. The van der Waals surface area contributed by atoms with Crippen molar-refractivity contribution in [1.29, 1.82) is 0 Å². The molecule has 4 nitrogen and oxygen atoms in total. The molecule has 0 aliphatic carbocycles. The maximum atomic E-state index is 13.3. The van der Waals surface area contributed by atoms with Gasteiger partial charge in [0.1, 0.15) is 5.00 Å². The number of anilines is 1. The zero-order valence-corrected chi connectivity index (χ0v) is 17.2. The lowest BCUT2D eigenvalue weighted by Crippen LogP contribution is -2.46. The minimum absolute atomic E-state index is 0.121. The Hall–Kier alpha value is -1.85. The van der Waals surface area contributed by atoms with Gasteiger partial charge in [-0.05, 0) is 37.8 Å². The molecule has 0 unspecified atom stereocenters. The van der Waals surface area contributed by atoms with E-state index in [0.29, 0.717) is 18.1 Å². The highest BCUT2D eigenvalue weighted by atomic mass is 35.5. The molecule has 1 aromatic heterocycles. The highest BCUT2D eigenvalue weighted by molar-refractivity contribution is 7.16. The SMILES string of the molecule is CCc1cc2c(s1)N(C(=O)N1CCCCC1)CCN=C2c1ccccc1Cl. The second kappa shape index (κ2) is 8.03. The molecule has 3 heterocycles. The molecule has 142 valence electrons. The van der Waals surface area contributed by atoms with E-state index in [2.05, 4.69) is 13.0 Å². The number of nitrogens with zero attached hydrogens (tertiary/aromatic N) is 3. The lowest BCUT2D eigenvalue weighted by atomic mass is 10.0. The van der Waals surface area contributed by atoms with Gasteiger partial charge in [0, 0.05) is 40.7 Å². The Bertz CT molecular complexity index is 870. The van der Waals surface area contributed by atoms with Crippen molar-refractivity contribution in [3.63, 3.8) is 0 Å². The van der Waals surface area contributed by atoms with E-state index in [4.69, 9.17) is 16.6 Å². The number of carbonyl (C=O) groups is 1. The smallest absolute Gasteiger partial charge is 0.324 e. The number of benzene rings is 1. The predicted octanol–water partition coefficient (Wildman–Crippen LogP) is 5.23. The quantitative estimate of drug-likeness (QED) is 0.678. The molecule has 4 rings (SSSR count). The van der Waals surface area contributed by atoms with Crippen molar-refractivity contribution >= 4 is 39.7 Å². The van der Waals surface area contributed by atoms with E-state index >= 15 is 0 Å². The third kappa shape index (κ3) is 3.63. The molecule has 2 amide bonds. The number of likely N-dealkylation sites (tertiary alicyclic amines) is 1. The number of hydrogen-bond donors (Lipinski definition) is 0. The second-order valence-corrected chi connectivity index (χ2v) is 8.50. The van der Waals surface area contributed by atoms with Crippen molar-refractivity contribution in [3.8, 4) is 0 Å². The highest BCUT2D eigenvalue weighted by Gasteiger charge is 2.30. The molecule has 2 aliphatic heterocycles. The molecule has 6 heteroatoms. The van der Waals surface area contributed by atoms with Gasteiger partial charge < -0.3 is 4.90 Å². The summed E-state index contributed by atoms with van der Waals surface area (Å²) in [6.07, 6.45) is 4.35. The fourth-order valence-electron chi connectivity index (χ4n) is 3.75. The molecule has 0 atom stereocenters. The van der Waals surface area contributed by atoms with Crippen LogP contribution in [0.4, 0.5) is 9.80 Å². The standard InChI is InChI=1S/C21H24ClN3OS/c1-2-15-14-17-19(16-8-4-5-9-18(16)22)23-10-13-25(20(17)27-15)21(26)24-11-6-3-7-12-24/h4-5,8-9,14H,2-3,6-7,10-13H2,1H3. The van der Waals surface area contributed by atoms with E-state index in [1.807, 2.05) is 34.1 Å². The zero-order valence-electron chi connectivity index (χ0n) is 15.6. The van der Waals surface area contributed by atoms with Crippen molar-refractivity contribution in [2.45, 2.75) is 32.6 Å². The Morgan fingerprint density at radius 1 is 1.15 bits per heavy atom. The van der Waals surface area contributed by atoms with Gasteiger partial charge in [-0.1, -0.05) is 36.7 Å². The summed E-state index contributed by atoms with van der Waals surface area (Å²) in [6, 6.07) is 10.1. The van der Waals surface area contributed by atoms with Gasteiger partial charge in [0.15, 0.2) is 0 Å². The summed E-state index contributed by atoms with van der Waals surface area (Å²) < 4.78 is 0. The number of fused-ring (bicyclic) bond motifs is 1. The van der Waals surface area contributed by atoms with Crippen LogP contribution in [0.2, 0.25) is 5.02 Å². The maximum absolute atomic E-state index is 13.3. The zero-order chi connectivity index (χ0) is 18.8. The number of piperidine rings is 1. The summed E-state index contributed by atoms with van der Waals surface area (Å²) >= 11 is 8.18. The molecule has 0 saturated carbocycles. The number of aryl methyl sites for hydroxylation is 1. The van der Waals surface area contributed by atoms with Crippen molar-refractivity contribution < 1.29 is 4.79 Å². The molecular weight excluding hydrogens is 378 g/mol. The van der Waals surface area contributed by atoms with Crippen LogP contribution in [0.15, 0.2) is 35.3 Å². The van der Waals surface area contributed by atoms with Crippen molar-refractivity contribution in [2.75, 3.05) is 31.1 Å². The minimum atomic E-state index is 0.121. The lowest BCUT2D eigenvalue weighted by molar-refractivity contribution is 0.193. The third-order valence-corrected chi connectivity index (χ3v) is 6.82. The van der Waals surface area contributed by atoms with Crippen LogP contribution in [-0.4, -0.2) is 42.8 Å². The molecule has 2 aliphatic rings. The average molecular weight is 402 g/mol. The first-order valence-corrected chi connectivity index (χ1v) is 10.9. The molecule has 1 saturated heterocycles. The molecule has 1 aromatic carbocycles. The molecular formula is C21H24ClN3OS. The van der Waals surface area contributed by atoms with Gasteiger partial charge in [0.25, 0.3) is 0 Å². The van der Waals surface area contributed by atoms with Crippen LogP contribution >= 0.6 is 22.9 Å². The van der Waals surface area contributed by atoms with Crippen molar-refractivity contribution in [1.82, 2.24) is 4.90 Å². The lowest BCUT2D eigenvalue weighted by Gasteiger charge is -2.32. The van der Waals surface area contributed by atoms with Gasteiger partial charge in [-0.3, -0.25) is 9.89 Å². The first kappa shape index (κ1) is 18.5. The monoisotopic (exact) mass is 401 g/mol. The third-order valence-electron chi connectivity index (χ3n) is 5.19. The molecule has 0 spiro atoms. The van der Waals surface area contributed by atoms with Gasteiger partial charge in [-0.25, -0.2) is 4.79 Å². The number of thiophene rings is 1. The highest BCUT2D eigenvalue weighted by Crippen LogP contribution is 2.37. The van der Waals surface area contributed by atoms with Crippen LogP contribution in [-0.2, 0) is 6.42 Å². The van der Waals surface area contributed by atoms with Crippen LogP contribution in [0.5, 0.6) is 0 Å². The Labute approximate surface area is 169 Å². The normalized spacial score (nSPS) is 17.3. The largest absolute Gasteiger partial charge is 0.325 e. The molecule has 0 N–H and O–H groups in total. The van der Waals surface area contributed by atoms with Crippen LogP contribution in [0, 0.1) is 0 Å². The summed E-state index contributed by atoms with van der Waals surface area (Å²) in [5.74, 6) is 0. The van der Waals surface area contributed by atoms with Gasteiger partial charge in [0.2, 0.25) is 0 Å². The second-order valence-electron chi connectivity index (χ2n) is 6.98. The Balaban J connectivity index is 1.75. The average Bonchev–Trinajstić information content (AvgIpc) is 3.05. The topological polar surface area (TPSA) is 35.9 Å². The minimum Gasteiger partial charge on any atom is -0.324 e. The Kier molecular flexibility index (Phi) is 5.50. The van der Waals surface area contributed by atoms with Gasteiger partial charge in [-0.15, -0.1) is 11.3 Å². The molecule has 2 aromatic rings. The van der Waals surface area contributed by atoms with Gasteiger partial charge >= 0.3 is 6.03 Å². The van der Waals surface area contributed by atoms with Crippen LogP contribution in [0.25, 0.3) is 0 Å². The van der Waals surface area contributed by atoms with E-state index in [1.165, 1.54) is 11.3 Å². The first-order chi connectivity index (χ1) is 13.2. The summed E-state index contributed by atoms with van der Waals surface area (Å²) in [7, 11) is 0. The number of rotatable bonds is 2. The predicted molar refractivity (Wildman–Crippen MR) is 114 cm³/mol. The fourth-order valence-corrected chi connectivity index (χ4v) is 5.09. The maximum Gasteiger partial charge on any atom is 0.325 e. The van der Waals surface area contributed by atoms with Gasteiger partial charge in [-0.2, -0.15) is 0 Å². The van der Waals surface area contributed by atoms with Crippen LogP contribution in [0.3, 0.4) is 0 Å². The van der Waals surface area contributed by atoms with Crippen LogP contribution < -0.4 is 4.90 Å². The van der Waals surface area contributed by atoms with E-state index < -0.39 is 0 Å². The van der Waals surface area contributed by atoms with Crippen molar-refractivity contribution in [2.24, 2.45) is 4.99 Å². The van der Waals surface area contributed by atoms with Crippen LogP contribution in [0.1, 0.15) is 42.2 Å². The molecule has 27 heavy (non-hydrogen) atoms. The van der Waals surface area contributed by atoms with E-state index in [9.17, 15) is 4.79 Å². The number of hydrogen-bond acceptors (Lipinski definition) is 3. The summed E-state index contributed by atoms with van der Waals surface area (Å²) in [4.78, 5) is 23.3.